The number of amides is 1. The molecule has 9 nitrogen and oxygen atoms in total. The molecule has 3 aromatic heterocycles. The van der Waals surface area contributed by atoms with Crippen molar-refractivity contribution in [2.45, 2.75) is 13.1 Å². The normalized spacial score (nSPS) is 15.1. The number of hydrogen-bond acceptors (Lipinski definition) is 7. The third-order valence-electron chi connectivity index (χ3n) is 5.84. The third-order valence-corrected chi connectivity index (χ3v) is 6.96. The summed E-state index contributed by atoms with van der Waals surface area (Å²) >= 11 is 7.72. The fourth-order valence-corrected chi connectivity index (χ4v) is 4.98. The first kappa shape index (κ1) is 22.7. The number of hydrogen-bond donors (Lipinski definition) is 1. The molecule has 1 N–H and O–H groups in total. The smallest absolute Gasteiger partial charge is 0.258 e. The Kier molecular flexibility index (Phi) is 6.73. The predicted octanol–water partition coefficient (Wildman–Crippen LogP) is 2.41. The second-order valence-corrected chi connectivity index (χ2v) is 9.49. The standard InChI is InChI=1S/C23H24ClN7O2S/c24-19-4-2-1-3-17(19)14-31-20(5-6-25-31)27-21(32)16-29-9-7-28(8-10-29)15-18-13-22(33)30-11-12-34-23(30)26-18/h1-6,11-13H,7-10,14-16H2,(H,27,32). The molecule has 34 heavy (non-hydrogen) atoms. The molecular weight excluding hydrogens is 474 g/mol. The number of carbonyl (C=O) groups excluding carboxylic acids is 1. The van der Waals surface area contributed by atoms with Crippen LogP contribution in [0.1, 0.15) is 11.3 Å². The van der Waals surface area contributed by atoms with Crippen LogP contribution in [0.4, 0.5) is 5.82 Å². The molecule has 5 rings (SSSR count). The number of nitrogens with zero attached hydrogens (tertiary/aromatic N) is 6. The summed E-state index contributed by atoms with van der Waals surface area (Å²) in [7, 11) is 0. The van der Waals surface area contributed by atoms with Crippen LogP contribution in [0.3, 0.4) is 0 Å². The van der Waals surface area contributed by atoms with Gasteiger partial charge in [0.1, 0.15) is 5.82 Å². The number of fused-ring (bicyclic) bond motifs is 1. The first-order valence-electron chi connectivity index (χ1n) is 11.0. The fourth-order valence-electron chi connectivity index (χ4n) is 4.04. The van der Waals surface area contributed by atoms with Gasteiger partial charge < -0.3 is 5.32 Å². The van der Waals surface area contributed by atoms with E-state index in [9.17, 15) is 9.59 Å². The van der Waals surface area contributed by atoms with E-state index in [0.29, 0.717) is 35.4 Å². The molecule has 1 amide bonds. The monoisotopic (exact) mass is 497 g/mol. The van der Waals surface area contributed by atoms with Crippen molar-refractivity contribution in [3.05, 3.63) is 80.8 Å². The van der Waals surface area contributed by atoms with E-state index in [4.69, 9.17) is 11.6 Å². The summed E-state index contributed by atoms with van der Waals surface area (Å²) in [6.45, 7) is 4.58. The van der Waals surface area contributed by atoms with E-state index >= 15 is 0 Å². The summed E-state index contributed by atoms with van der Waals surface area (Å²) in [5, 5.41) is 9.82. The summed E-state index contributed by atoms with van der Waals surface area (Å²) < 4.78 is 3.29. The number of aromatic nitrogens is 4. The topological polar surface area (TPSA) is 87.8 Å². The van der Waals surface area contributed by atoms with Crippen LogP contribution in [0.25, 0.3) is 4.96 Å². The molecule has 4 aromatic rings. The van der Waals surface area contributed by atoms with Gasteiger partial charge in [0.25, 0.3) is 5.56 Å². The highest BCUT2D eigenvalue weighted by molar-refractivity contribution is 7.15. The molecule has 11 heteroatoms. The van der Waals surface area contributed by atoms with E-state index < -0.39 is 0 Å². The quantitative estimate of drug-likeness (QED) is 0.422. The van der Waals surface area contributed by atoms with E-state index in [1.54, 1.807) is 33.6 Å². The van der Waals surface area contributed by atoms with Crippen LogP contribution in [0, 0.1) is 0 Å². The SMILES string of the molecule is O=C(CN1CCN(Cc2cc(=O)n3ccsc3n2)CC1)Nc1ccnn1Cc1ccccc1Cl. The molecule has 1 saturated heterocycles. The zero-order valence-corrected chi connectivity index (χ0v) is 20.0. The van der Waals surface area contributed by atoms with Crippen molar-refractivity contribution in [2.24, 2.45) is 0 Å². The largest absolute Gasteiger partial charge is 0.310 e. The van der Waals surface area contributed by atoms with Gasteiger partial charge in [-0.15, -0.1) is 11.3 Å². The molecule has 0 bridgehead atoms. The van der Waals surface area contributed by atoms with Crippen LogP contribution in [0.5, 0.6) is 0 Å². The highest BCUT2D eigenvalue weighted by Crippen LogP contribution is 2.18. The Bertz CT molecular complexity index is 1360. The van der Waals surface area contributed by atoms with Gasteiger partial charge in [0.15, 0.2) is 4.96 Å². The van der Waals surface area contributed by atoms with Crippen LogP contribution in [-0.2, 0) is 17.9 Å². The van der Waals surface area contributed by atoms with Gasteiger partial charge in [-0.25, -0.2) is 9.67 Å². The average molecular weight is 498 g/mol. The van der Waals surface area contributed by atoms with Gasteiger partial charge >= 0.3 is 0 Å². The molecule has 1 aliphatic heterocycles. The minimum absolute atomic E-state index is 0.0506. The number of thiazole rings is 1. The average Bonchev–Trinajstić information content (AvgIpc) is 3.46. The molecule has 0 atom stereocenters. The Morgan fingerprint density at radius 3 is 2.71 bits per heavy atom. The first-order chi connectivity index (χ1) is 16.5. The van der Waals surface area contributed by atoms with Crippen molar-refractivity contribution >= 4 is 39.6 Å². The van der Waals surface area contributed by atoms with Gasteiger partial charge in [0, 0.05) is 61.5 Å². The minimum Gasteiger partial charge on any atom is -0.310 e. The first-order valence-corrected chi connectivity index (χ1v) is 12.3. The second kappa shape index (κ2) is 10.1. The lowest BCUT2D eigenvalue weighted by Gasteiger charge is -2.34. The number of piperazine rings is 1. The zero-order chi connectivity index (χ0) is 23.5. The molecule has 1 aliphatic rings. The van der Waals surface area contributed by atoms with Crippen LogP contribution in [0.2, 0.25) is 5.02 Å². The Morgan fingerprint density at radius 2 is 1.88 bits per heavy atom. The Hall–Kier alpha value is -3.05. The molecule has 0 aliphatic carbocycles. The number of rotatable bonds is 7. The summed E-state index contributed by atoms with van der Waals surface area (Å²) in [5.41, 5.74) is 1.67. The summed E-state index contributed by atoms with van der Waals surface area (Å²) in [6.07, 6.45) is 3.41. The van der Waals surface area contributed by atoms with Gasteiger partial charge in [0.05, 0.1) is 25.0 Å². The van der Waals surface area contributed by atoms with Crippen molar-refractivity contribution in [3.63, 3.8) is 0 Å². The highest BCUT2D eigenvalue weighted by atomic mass is 35.5. The maximum Gasteiger partial charge on any atom is 0.258 e. The molecule has 1 fully saturated rings. The number of carbonyl (C=O) groups is 1. The molecule has 4 heterocycles. The molecule has 0 unspecified atom stereocenters. The maximum atomic E-state index is 12.7. The van der Waals surface area contributed by atoms with E-state index in [1.165, 1.54) is 11.3 Å². The lowest BCUT2D eigenvalue weighted by molar-refractivity contribution is -0.117. The van der Waals surface area contributed by atoms with Crippen LogP contribution < -0.4 is 10.9 Å². The fraction of sp³-hybridized carbons (Fsp3) is 0.304. The summed E-state index contributed by atoms with van der Waals surface area (Å²) in [5.74, 6) is 0.567. The second-order valence-electron chi connectivity index (χ2n) is 8.21. The van der Waals surface area contributed by atoms with Gasteiger partial charge in [-0.1, -0.05) is 29.8 Å². The molecule has 0 radical (unpaired) electrons. The van der Waals surface area contributed by atoms with Crippen LogP contribution in [0.15, 0.2) is 59.0 Å². The number of benzene rings is 1. The maximum absolute atomic E-state index is 12.7. The van der Waals surface area contributed by atoms with Crippen molar-refractivity contribution in [2.75, 3.05) is 38.0 Å². The lowest BCUT2D eigenvalue weighted by Crippen LogP contribution is -2.48. The van der Waals surface area contributed by atoms with E-state index in [-0.39, 0.29) is 11.5 Å². The predicted molar refractivity (Wildman–Crippen MR) is 132 cm³/mol. The van der Waals surface area contributed by atoms with Crippen molar-refractivity contribution in [1.82, 2.24) is 29.0 Å². The Balaban J connectivity index is 1.12. The van der Waals surface area contributed by atoms with E-state index in [2.05, 4.69) is 25.2 Å². The third kappa shape index (κ3) is 5.20. The number of anilines is 1. The van der Waals surface area contributed by atoms with E-state index in [0.717, 1.165) is 37.4 Å². The van der Waals surface area contributed by atoms with Crippen molar-refractivity contribution < 1.29 is 4.79 Å². The molecule has 1 aromatic carbocycles. The number of halogens is 1. The molecule has 0 saturated carbocycles. The van der Waals surface area contributed by atoms with Crippen LogP contribution in [-0.4, -0.2) is 67.6 Å². The van der Waals surface area contributed by atoms with Crippen molar-refractivity contribution in [3.8, 4) is 0 Å². The van der Waals surface area contributed by atoms with E-state index in [1.807, 2.05) is 29.6 Å². The van der Waals surface area contributed by atoms with Gasteiger partial charge in [-0.3, -0.25) is 23.8 Å². The van der Waals surface area contributed by atoms with Gasteiger partial charge in [0.2, 0.25) is 5.91 Å². The molecule has 0 spiro atoms. The van der Waals surface area contributed by atoms with Crippen LogP contribution >= 0.6 is 22.9 Å². The van der Waals surface area contributed by atoms with Gasteiger partial charge in [-0.2, -0.15) is 5.10 Å². The Labute approximate surface area is 205 Å². The lowest BCUT2D eigenvalue weighted by atomic mass is 10.2. The zero-order valence-electron chi connectivity index (χ0n) is 18.4. The molecular formula is C23H24ClN7O2S. The highest BCUT2D eigenvalue weighted by Gasteiger charge is 2.20. The molecule has 176 valence electrons. The Morgan fingerprint density at radius 1 is 1.09 bits per heavy atom. The number of nitrogens with one attached hydrogen (secondary N) is 1. The van der Waals surface area contributed by atoms with Crippen molar-refractivity contribution in [1.29, 1.82) is 0 Å². The van der Waals surface area contributed by atoms with Gasteiger partial charge in [-0.05, 0) is 11.6 Å². The summed E-state index contributed by atoms with van der Waals surface area (Å²) in [4.78, 5) is 34.6. The minimum atomic E-state index is -0.0767. The summed E-state index contributed by atoms with van der Waals surface area (Å²) in [6, 6.07) is 11.0.